The van der Waals surface area contributed by atoms with E-state index >= 15 is 0 Å². The van der Waals surface area contributed by atoms with Gasteiger partial charge in [0.2, 0.25) is 0 Å². The van der Waals surface area contributed by atoms with Gasteiger partial charge >= 0.3 is 0 Å². The Kier molecular flexibility index (Phi) is 3.95. The minimum Gasteiger partial charge on any atom is -0.395 e. The average Bonchev–Trinajstić information content (AvgIpc) is 3.17. The van der Waals surface area contributed by atoms with Gasteiger partial charge in [0.15, 0.2) is 0 Å². The zero-order valence-electron chi connectivity index (χ0n) is 12.8. The molecule has 1 heterocycles. The van der Waals surface area contributed by atoms with Gasteiger partial charge in [0.05, 0.1) is 25.4 Å². The van der Waals surface area contributed by atoms with Crippen molar-refractivity contribution in [3.05, 3.63) is 35.9 Å². The van der Waals surface area contributed by atoms with Crippen LogP contribution in [0.2, 0.25) is 0 Å². The first-order chi connectivity index (χ1) is 10.8. The summed E-state index contributed by atoms with van der Waals surface area (Å²) in [7, 11) is 0. The Morgan fingerprint density at radius 2 is 2.00 bits per heavy atom. The molecule has 0 aromatic heterocycles. The van der Waals surface area contributed by atoms with Crippen molar-refractivity contribution in [3.8, 4) is 0 Å². The van der Waals surface area contributed by atoms with Crippen molar-refractivity contribution < 1.29 is 14.9 Å². The molecule has 22 heavy (non-hydrogen) atoms. The summed E-state index contributed by atoms with van der Waals surface area (Å²) < 4.78 is 5.97. The van der Waals surface area contributed by atoms with Gasteiger partial charge in [-0.2, -0.15) is 0 Å². The van der Waals surface area contributed by atoms with Crippen LogP contribution in [0.1, 0.15) is 30.9 Å². The van der Waals surface area contributed by atoms with E-state index in [9.17, 15) is 10.2 Å². The summed E-state index contributed by atoms with van der Waals surface area (Å²) in [5.41, 5.74) is 0.910. The number of aliphatic hydroxyl groups excluding tert-OH is 2. The Morgan fingerprint density at radius 1 is 1.18 bits per heavy atom. The van der Waals surface area contributed by atoms with E-state index in [1.807, 2.05) is 30.3 Å². The van der Waals surface area contributed by atoms with Gasteiger partial charge in [-0.05, 0) is 42.6 Å². The second kappa shape index (κ2) is 5.93. The van der Waals surface area contributed by atoms with Crippen LogP contribution in [0.3, 0.4) is 0 Å². The van der Waals surface area contributed by atoms with Crippen molar-refractivity contribution in [2.75, 3.05) is 13.2 Å². The summed E-state index contributed by atoms with van der Waals surface area (Å²) in [4.78, 5) is 0. The summed E-state index contributed by atoms with van der Waals surface area (Å²) in [6.45, 7) is 0.967. The Hall–Kier alpha value is -0.940. The first-order valence-corrected chi connectivity index (χ1v) is 8.47. The fourth-order valence-corrected chi connectivity index (χ4v) is 4.86. The Bertz CT molecular complexity index is 506. The van der Waals surface area contributed by atoms with Crippen LogP contribution in [0, 0.1) is 17.8 Å². The minimum atomic E-state index is -0.540. The van der Waals surface area contributed by atoms with Crippen LogP contribution in [-0.4, -0.2) is 41.6 Å². The molecule has 0 spiro atoms. The van der Waals surface area contributed by atoms with Gasteiger partial charge in [0.25, 0.3) is 0 Å². The van der Waals surface area contributed by atoms with Crippen molar-refractivity contribution in [1.29, 1.82) is 0 Å². The van der Waals surface area contributed by atoms with Gasteiger partial charge < -0.3 is 20.3 Å². The highest BCUT2D eigenvalue weighted by molar-refractivity contribution is 5.17. The van der Waals surface area contributed by atoms with Crippen LogP contribution in [0.15, 0.2) is 30.3 Å². The molecule has 3 N–H and O–H groups in total. The Labute approximate surface area is 131 Å². The van der Waals surface area contributed by atoms with E-state index in [0.717, 1.165) is 24.0 Å². The second-order valence-corrected chi connectivity index (χ2v) is 7.19. The number of nitrogens with one attached hydrogen (secondary N) is 1. The lowest BCUT2D eigenvalue weighted by Gasteiger charge is -2.32. The molecule has 4 heteroatoms. The third kappa shape index (κ3) is 2.48. The molecule has 1 saturated heterocycles. The molecular weight excluding hydrogens is 278 g/mol. The predicted molar refractivity (Wildman–Crippen MR) is 83.3 cm³/mol. The molecule has 7 atom stereocenters. The third-order valence-electron chi connectivity index (χ3n) is 5.91. The van der Waals surface area contributed by atoms with Crippen molar-refractivity contribution >= 4 is 0 Å². The van der Waals surface area contributed by atoms with Gasteiger partial charge in [0.1, 0.15) is 0 Å². The number of hydrogen-bond acceptors (Lipinski definition) is 4. The normalized spacial score (nSPS) is 38.4. The fourth-order valence-electron chi connectivity index (χ4n) is 4.86. The quantitative estimate of drug-likeness (QED) is 0.745. The second-order valence-electron chi connectivity index (χ2n) is 7.19. The zero-order chi connectivity index (χ0) is 15.1. The molecule has 0 radical (unpaired) electrons. The van der Waals surface area contributed by atoms with E-state index in [1.54, 1.807) is 0 Å². The maximum atomic E-state index is 10.4. The molecule has 2 bridgehead atoms. The van der Waals surface area contributed by atoms with E-state index in [1.165, 1.54) is 12.8 Å². The SMILES string of the molecule is OCC(CC(O)c1ccccc1)NC1[C@@H]2C[C@@H]3CO[C@H]1[C@H]3C2. The van der Waals surface area contributed by atoms with Crippen LogP contribution >= 0.6 is 0 Å². The molecule has 3 aliphatic rings. The van der Waals surface area contributed by atoms with Crippen LogP contribution < -0.4 is 5.32 Å². The van der Waals surface area contributed by atoms with E-state index in [2.05, 4.69) is 5.32 Å². The number of benzene rings is 1. The van der Waals surface area contributed by atoms with Gasteiger partial charge in [-0.1, -0.05) is 30.3 Å². The summed E-state index contributed by atoms with van der Waals surface area (Å²) in [5, 5.41) is 23.7. The van der Waals surface area contributed by atoms with Gasteiger partial charge in [0, 0.05) is 12.1 Å². The molecule has 4 nitrogen and oxygen atoms in total. The molecule has 1 aliphatic heterocycles. The molecule has 4 rings (SSSR count). The van der Waals surface area contributed by atoms with Crippen LogP contribution in [0.5, 0.6) is 0 Å². The number of aliphatic hydroxyl groups is 2. The number of ether oxygens (including phenoxy) is 1. The number of hydrogen-bond donors (Lipinski definition) is 3. The average molecular weight is 303 g/mol. The maximum Gasteiger partial charge on any atom is 0.0805 e. The van der Waals surface area contributed by atoms with E-state index in [4.69, 9.17) is 4.74 Å². The highest BCUT2D eigenvalue weighted by Crippen LogP contribution is 2.53. The van der Waals surface area contributed by atoms with Crippen LogP contribution in [0.4, 0.5) is 0 Å². The Balaban J connectivity index is 1.39. The topological polar surface area (TPSA) is 61.7 Å². The summed E-state index contributed by atoms with van der Waals surface area (Å²) >= 11 is 0. The first kappa shape index (κ1) is 14.6. The molecule has 3 unspecified atom stereocenters. The predicted octanol–water partition coefficient (Wildman–Crippen LogP) is 1.48. The summed E-state index contributed by atoms with van der Waals surface area (Å²) in [6.07, 6.45) is 2.85. The molecule has 1 aromatic carbocycles. The molecule has 2 saturated carbocycles. The number of rotatable bonds is 6. The van der Waals surface area contributed by atoms with Crippen LogP contribution in [-0.2, 0) is 4.74 Å². The first-order valence-electron chi connectivity index (χ1n) is 8.47. The Morgan fingerprint density at radius 3 is 2.77 bits per heavy atom. The zero-order valence-corrected chi connectivity index (χ0v) is 12.8. The summed E-state index contributed by atoms with van der Waals surface area (Å²) in [5.74, 6) is 2.18. The molecule has 0 amide bonds. The van der Waals surface area contributed by atoms with E-state index in [0.29, 0.717) is 24.5 Å². The molecule has 1 aromatic rings. The van der Waals surface area contributed by atoms with Crippen molar-refractivity contribution in [2.24, 2.45) is 17.8 Å². The van der Waals surface area contributed by atoms with Crippen molar-refractivity contribution in [2.45, 2.75) is 43.6 Å². The fraction of sp³-hybridized carbons (Fsp3) is 0.667. The lowest BCUT2D eigenvalue weighted by Crippen LogP contribution is -2.50. The molecule has 120 valence electrons. The molecule has 2 aliphatic carbocycles. The van der Waals surface area contributed by atoms with Gasteiger partial charge in [-0.3, -0.25) is 0 Å². The minimum absolute atomic E-state index is 0.0495. The van der Waals surface area contributed by atoms with Gasteiger partial charge in [-0.25, -0.2) is 0 Å². The highest BCUT2D eigenvalue weighted by atomic mass is 16.5. The highest BCUT2D eigenvalue weighted by Gasteiger charge is 2.57. The number of fused-ring (bicyclic) bond motifs is 1. The third-order valence-corrected chi connectivity index (χ3v) is 5.91. The lowest BCUT2D eigenvalue weighted by atomic mass is 9.86. The largest absolute Gasteiger partial charge is 0.395 e. The van der Waals surface area contributed by atoms with Gasteiger partial charge in [-0.15, -0.1) is 0 Å². The van der Waals surface area contributed by atoms with Crippen LogP contribution in [0.25, 0.3) is 0 Å². The monoisotopic (exact) mass is 303 g/mol. The van der Waals surface area contributed by atoms with Crippen molar-refractivity contribution in [3.63, 3.8) is 0 Å². The molecular formula is C18H25NO3. The van der Waals surface area contributed by atoms with Crippen molar-refractivity contribution in [1.82, 2.24) is 5.32 Å². The lowest BCUT2D eigenvalue weighted by molar-refractivity contribution is 0.0591. The smallest absolute Gasteiger partial charge is 0.0805 e. The maximum absolute atomic E-state index is 10.4. The standard InChI is InChI=1S/C18H25NO3/c20-9-14(8-16(21)11-4-2-1-3-5-11)19-17-12-6-13-10-22-18(17)15(13)7-12/h1-5,12-21H,6-10H2/t12-,13-,14?,15+,16?,17?,18+/m1/s1. The van der Waals surface area contributed by atoms with E-state index < -0.39 is 6.10 Å². The summed E-state index contributed by atoms with van der Waals surface area (Å²) in [6, 6.07) is 9.94. The molecule has 3 fully saturated rings. The van der Waals surface area contributed by atoms with E-state index in [-0.39, 0.29) is 12.6 Å².